The van der Waals surface area contributed by atoms with E-state index in [9.17, 15) is 14.4 Å². The number of rotatable bonds is 65. The summed E-state index contributed by atoms with van der Waals surface area (Å²) in [5, 5.41) is 0. The van der Waals surface area contributed by atoms with Crippen LogP contribution in [0.2, 0.25) is 0 Å². The molecule has 1 unspecified atom stereocenters. The Bertz CT molecular complexity index is 1550. The molecule has 0 aliphatic rings. The molecule has 0 N–H and O–H groups in total. The lowest BCUT2D eigenvalue weighted by Crippen LogP contribution is -2.30. The molecule has 474 valence electrons. The van der Waals surface area contributed by atoms with E-state index in [0.717, 1.165) is 103 Å². The predicted octanol–water partition coefficient (Wildman–Crippen LogP) is 24.6. The minimum absolute atomic E-state index is 0.0761. The molecule has 0 heterocycles. The maximum atomic E-state index is 12.9. The Morgan fingerprint density at radius 2 is 0.500 bits per heavy atom. The van der Waals surface area contributed by atoms with E-state index < -0.39 is 6.10 Å². The van der Waals surface area contributed by atoms with Crippen LogP contribution < -0.4 is 0 Å². The van der Waals surface area contributed by atoms with Gasteiger partial charge in [0.05, 0.1) is 0 Å². The van der Waals surface area contributed by atoms with Crippen molar-refractivity contribution in [3.05, 3.63) is 85.1 Å². The number of ether oxygens (including phenoxy) is 3. The minimum Gasteiger partial charge on any atom is -0.462 e. The fraction of sp³-hybridized carbons (Fsp3) is 0.776. The minimum atomic E-state index is -0.780. The highest BCUT2D eigenvalue weighted by Gasteiger charge is 2.19. The molecule has 0 aliphatic heterocycles. The largest absolute Gasteiger partial charge is 0.462 e. The van der Waals surface area contributed by atoms with Gasteiger partial charge in [0.2, 0.25) is 0 Å². The molecule has 0 aromatic heterocycles. The van der Waals surface area contributed by atoms with Crippen LogP contribution in [0.25, 0.3) is 0 Å². The molecule has 0 aromatic rings. The van der Waals surface area contributed by atoms with Crippen molar-refractivity contribution < 1.29 is 28.6 Å². The number of hydrogen-bond donors (Lipinski definition) is 0. The lowest BCUT2D eigenvalue weighted by Gasteiger charge is -2.18. The van der Waals surface area contributed by atoms with Gasteiger partial charge >= 0.3 is 17.9 Å². The summed E-state index contributed by atoms with van der Waals surface area (Å²) in [7, 11) is 0. The maximum absolute atomic E-state index is 12.9. The summed E-state index contributed by atoms with van der Waals surface area (Å²) in [5.41, 5.74) is 0. The second kappa shape index (κ2) is 70.1. The number of carbonyl (C=O) groups is 3. The molecular formula is C76H134O6. The molecule has 0 spiro atoms. The highest BCUT2D eigenvalue weighted by molar-refractivity contribution is 5.71. The van der Waals surface area contributed by atoms with E-state index in [-0.39, 0.29) is 31.1 Å². The predicted molar refractivity (Wildman–Crippen MR) is 358 cm³/mol. The lowest BCUT2D eigenvalue weighted by molar-refractivity contribution is -0.167. The van der Waals surface area contributed by atoms with Crippen LogP contribution >= 0.6 is 0 Å². The van der Waals surface area contributed by atoms with Crippen LogP contribution in [0.15, 0.2) is 85.1 Å². The molecule has 1 atom stereocenters. The third-order valence-corrected chi connectivity index (χ3v) is 15.6. The van der Waals surface area contributed by atoms with Crippen LogP contribution in [-0.2, 0) is 28.6 Å². The highest BCUT2D eigenvalue weighted by atomic mass is 16.6. The third kappa shape index (κ3) is 67.4. The lowest BCUT2D eigenvalue weighted by atomic mass is 10.0. The topological polar surface area (TPSA) is 78.9 Å². The summed E-state index contributed by atoms with van der Waals surface area (Å²) >= 11 is 0. The number of carbonyl (C=O) groups excluding carboxylic acids is 3. The molecule has 6 nitrogen and oxygen atoms in total. The zero-order chi connectivity index (χ0) is 59.2. The maximum Gasteiger partial charge on any atom is 0.306 e. The van der Waals surface area contributed by atoms with Crippen molar-refractivity contribution in [2.24, 2.45) is 0 Å². The van der Waals surface area contributed by atoms with Gasteiger partial charge in [-0.3, -0.25) is 14.4 Å². The van der Waals surface area contributed by atoms with Crippen LogP contribution in [0, 0.1) is 0 Å². The highest BCUT2D eigenvalue weighted by Crippen LogP contribution is 2.18. The first-order chi connectivity index (χ1) is 40.5. The quantitative estimate of drug-likeness (QED) is 0.0261. The second-order valence-corrected chi connectivity index (χ2v) is 23.8. The molecular weight excluding hydrogens is 1010 g/mol. The Balaban J connectivity index is 4.06. The molecule has 0 saturated heterocycles. The monoisotopic (exact) mass is 1140 g/mol. The summed E-state index contributed by atoms with van der Waals surface area (Å²) in [6, 6.07) is 0. The van der Waals surface area contributed by atoms with Crippen LogP contribution in [-0.4, -0.2) is 37.2 Å². The third-order valence-electron chi connectivity index (χ3n) is 15.6. The van der Waals surface area contributed by atoms with Gasteiger partial charge in [0.25, 0.3) is 0 Å². The van der Waals surface area contributed by atoms with Gasteiger partial charge in [-0.2, -0.15) is 0 Å². The fourth-order valence-corrected chi connectivity index (χ4v) is 10.3. The van der Waals surface area contributed by atoms with E-state index in [4.69, 9.17) is 14.2 Å². The summed E-state index contributed by atoms with van der Waals surface area (Å²) in [6.45, 7) is 6.47. The van der Waals surface area contributed by atoms with E-state index in [1.54, 1.807) is 0 Å². The van der Waals surface area contributed by atoms with Crippen molar-refractivity contribution in [1.29, 1.82) is 0 Å². The Kier molecular flexibility index (Phi) is 67.2. The fourth-order valence-electron chi connectivity index (χ4n) is 10.3. The van der Waals surface area contributed by atoms with Crippen molar-refractivity contribution >= 4 is 17.9 Å². The number of hydrogen-bond acceptors (Lipinski definition) is 6. The van der Waals surface area contributed by atoms with Crippen molar-refractivity contribution in [1.82, 2.24) is 0 Å². The molecule has 0 fully saturated rings. The van der Waals surface area contributed by atoms with E-state index in [2.05, 4.69) is 106 Å². The summed E-state index contributed by atoms with van der Waals surface area (Å²) < 4.78 is 16.9. The van der Waals surface area contributed by atoms with Gasteiger partial charge in [-0.15, -0.1) is 0 Å². The molecule has 6 heteroatoms. The van der Waals surface area contributed by atoms with Crippen LogP contribution in [0.3, 0.4) is 0 Å². The van der Waals surface area contributed by atoms with Crippen molar-refractivity contribution in [3.8, 4) is 0 Å². The van der Waals surface area contributed by atoms with Gasteiger partial charge in [0, 0.05) is 19.3 Å². The second-order valence-electron chi connectivity index (χ2n) is 23.8. The van der Waals surface area contributed by atoms with E-state index >= 15 is 0 Å². The van der Waals surface area contributed by atoms with Gasteiger partial charge in [0.1, 0.15) is 13.2 Å². The standard InChI is InChI=1S/C76H134O6/c1-4-7-10-13-16-19-22-24-26-28-30-31-32-33-34-35-36-37-38-39-40-41-42-43-44-45-47-48-50-52-54-57-60-63-66-69-75(78)81-72-73(71-80-74(77)68-65-62-59-56-21-18-15-12-9-6-3)82-76(79)70-67-64-61-58-55-53-51-49-46-29-27-25-23-20-17-14-11-8-5-2/h7,10,12,15-17,19-20,24-27,30-31,73H,4-6,8-9,11,13-14,18,21-23,28-29,32-72H2,1-3H3/b10-7-,15-12-,19-16-,20-17-,26-24-,27-25-,31-30-. The van der Waals surface area contributed by atoms with Crippen molar-refractivity contribution in [2.45, 2.75) is 367 Å². The number of allylic oxidation sites excluding steroid dienone is 14. The van der Waals surface area contributed by atoms with Gasteiger partial charge < -0.3 is 14.2 Å². The number of esters is 3. The summed E-state index contributed by atoms with van der Waals surface area (Å²) in [5.74, 6) is -0.874. The molecule has 0 bridgehead atoms. The van der Waals surface area contributed by atoms with E-state index in [1.807, 2.05) is 0 Å². The average molecular weight is 1140 g/mol. The smallest absolute Gasteiger partial charge is 0.306 e. The van der Waals surface area contributed by atoms with E-state index in [1.165, 1.54) is 218 Å². The Labute approximate surface area is 509 Å². The molecule has 0 aromatic carbocycles. The van der Waals surface area contributed by atoms with Gasteiger partial charge in [-0.05, 0) is 109 Å². The molecule has 82 heavy (non-hydrogen) atoms. The molecule has 0 radical (unpaired) electrons. The average Bonchev–Trinajstić information content (AvgIpc) is 3.48. The van der Waals surface area contributed by atoms with Crippen LogP contribution in [0.1, 0.15) is 361 Å². The van der Waals surface area contributed by atoms with Crippen molar-refractivity contribution in [3.63, 3.8) is 0 Å². The van der Waals surface area contributed by atoms with Crippen molar-refractivity contribution in [2.75, 3.05) is 13.2 Å². The first-order valence-electron chi connectivity index (χ1n) is 35.6. The Hall–Kier alpha value is -3.41. The Morgan fingerprint density at radius 3 is 0.805 bits per heavy atom. The van der Waals surface area contributed by atoms with Crippen LogP contribution in [0.5, 0.6) is 0 Å². The first kappa shape index (κ1) is 78.6. The molecule has 0 aliphatic carbocycles. The normalized spacial score (nSPS) is 12.6. The van der Waals surface area contributed by atoms with Crippen LogP contribution in [0.4, 0.5) is 0 Å². The SMILES string of the molecule is CC/C=C\C/C=C\C/C=C\C/C=C\CCCCCCCCCCCCCCCCCCCCCCCCC(=O)OCC(COC(=O)CCCCCCC/C=C\CCC)OC(=O)CCCCCCCCCCC/C=C\C/C=C\CCCCC. The number of unbranched alkanes of at least 4 members (excludes halogenated alkanes) is 40. The van der Waals surface area contributed by atoms with Gasteiger partial charge in [0.15, 0.2) is 6.10 Å². The first-order valence-corrected chi connectivity index (χ1v) is 35.6. The Morgan fingerprint density at radius 1 is 0.256 bits per heavy atom. The van der Waals surface area contributed by atoms with Gasteiger partial charge in [-0.25, -0.2) is 0 Å². The summed E-state index contributed by atoms with van der Waals surface area (Å²) in [6.07, 6.45) is 93.5. The van der Waals surface area contributed by atoms with E-state index in [0.29, 0.717) is 19.3 Å². The van der Waals surface area contributed by atoms with Gasteiger partial charge in [-0.1, -0.05) is 318 Å². The molecule has 0 rings (SSSR count). The molecule has 0 amide bonds. The summed E-state index contributed by atoms with van der Waals surface area (Å²) in [4.78, 5) is 38.3. The zero-order valence-electron chi connectivity index (χ0n) is 54.5. The zero-order valence-corrected chi connectivity index (χ0v) is 54.5. The molecule has 0 saturated carbocycles.